The number of ether oxygens (including phenoxy) is 1. The minimum absolute atomic E-state index is 0.227. The molecule has 1 heterocycles. The summed E-state index contributed by atoms with van der Waals surface area (Å²) in [4.78, 5) is 11.2. The van der Waals surface area contributed by atoms with Gasteiger partial charge in [-0.3, -0.25) is 0 Å². The van der Waals surface area contributed by atoms with Crippen molar-refractivity contribution in [1.29, 1.82) is 0 Å². The Hall–Kier alpha value is -0.910. The van der Waals surface area contributed by atoms with E-state index in [9.17, 15) is 4.79 Å². The van der Waals surface area contributed by atoms with Crippen LogP contribution >= 0.6 is 11.3 Å². The minimum atomic E-state index is -0.972. The van der Waals surface area contributed by atoms with Gasteiger partial charge in [-0.15, -0.1) is 11.3 Å². The molecule has 78 valence electrons. The third kappa shape index (κ3) is 3.10. The maximum atomic E-state index is 10.2. The van der Waals surface area contributed by atoms with Crippen molar-refractivity contribution >= 4 is 17.3 Å². The smallest absolute Gasteiger partial charge is 0.329 e. The zero-order valence-electron chi connectivity index (χ0n) is 7.90. The van der Waals surface area contributed by atoms with Crippen molar-refractivity contribution in [2.24, 2.45) is 5.73 Å². The number of aryl methyl sites for hydroxylation is 1. The van der Waals surface area contributed by atoms with E-state index in [2.05, 4.69) is 0 Å². The lowest BCUT2D eigenvalue weighted by molar-refractivity contribution is -0.142. The van der Waals surface area contributed by atoms with Crippen LogP contribution < -0.4 is 5.73 Å². The van der Waals surface area contributed by atoms with Gasteiger partial charge in [0, 0.05) is 4.88 Å². The predicted molar refractivity (Wildman–Crippen MR) is 54.4 cm³/mol. The molecule has 1 aromatic rings. The highest BCUT2D eigenvalue weighted by Gasteiger charge is 2.10. The fraction of sp³-hybridized carbons (Fsp3) is 0.444. The first-order chi connectivity index (χ1) is 6.61. The normalized spacial score (nSPS) is 12.7. The van der Waals surface area contributed by atoms with Crippen LogP contribution in [0.4, 0.5) is 0 Å². The molecule has 1 atom stereocenters. The molecule has 0 aliphatic carbocycles. The molecule has 0 radical (unpaired) electrons. The third-order valence-electron chi connectivity index (χ3n) is 1.76. The average molecular weight is 215 g/mol. The summed E-state index contributed by atoms with van der Waals surface area (Å²) in [5.41, 5.74) is 6.95. The zero-order chi connectivity index (χ0) is 10.6. The maximum absolute atomic E-state index is 10.2. The molecular formula is C9H13NO3S. The second-order valence-electron chi connectivity index (χ2n) is 2.98. The second kappa shape index (κ2) is 5.09. The van der Waals surface area contributed by atoms with Gasteiger partial charge in [0.25, 0.3) is 0 Å². The number of carboxylic acid groups (broad SMARTS) is 1. The summed E-state index contributed by atoms with van der Waals surface area (Å²) in [6.07, 6.45) is 0. The van der Waals surface area contributed by atoms with Crippen LogP contribution in [0.15, 0.2) is 11.4 Å². The zero-order valence-corrected chi connectivity index (χ0v) is 8.71. The van der Waals surface area contributed by atoms with E-state index in [4.69, 9.17) is 15.6 Å². The molecule has 0 amide bonds. The maximum Gasteiger partial charge on any atom is 0.329 e. The van der Waals surface area contributed by atoms with Crippen LogP contribution in [-0.2, 0) is 9.53 Å². The highest BCUT2D eigenvalue weighted by atomic mass is 32.1. The number of rotatable bonds is 5. The van der Waals surface area contributed by atoms with Crippen molar-refractivity contribution in [2.75, 3.05) is 13.2 Å². The molecule has 1 unspecified atom stereocenters. The lowest BCUT2D eigenvalue weighted by Gasteiger charge is -2.10. The average Bonchev–Trinajstić information content (AvgIpc) is 2.50. The van der Waals surface area contributed by atoms with Crippen molar-refractivity contribution in [3.05, 3.63) is 21.9 Å². The van der Waals surface area contributed by atoms with Crippen LogP contribution in [0.3, 0.4) is 0 Å². The van der Waals surface area contributed by atoms with Crippen molar-refractivity contribution in [1.82, 2.24) is 0 Å². The van der Waals surface area contributed by atoms with Crippen LogP contribution in [-0.4, -0.2) is 24.3 Å². The first kappa shape index (κ1) is 11.2. The molecule has 0 saturated heterocycles. The van der Waals surface area contributed by atoms with Crippen LogP contribution in [0.5, 0.6) is 0 Å². The SMILES string of the molecule is Cc1ccsc1C(N)COCC(=O)O. The summed E-state index contributed by atoms with van der Waals surface area (Å²) in [6, 6.07) is 1.76. The summed E-state index contributed by atoms with van der Waals surface area (Å²) in [7, 11) is 0. The Morgan fingerprint density at radius 3 is 3.00 bits per heavy atom. The van der Waals surface area contributed by atoms with Crippen molar-refractivity contribution in [3.8, 4) is 0 Å². The molecule has 3 N–H and O–H groups in total. The van der Waals surface area contributed by atoms with Gasteiger partial charge in [0.05, 0.1) is 12.6 Å². The molecule has 1 rings (SSSR count). The molecule has 1 aromatic heterocycles. The monoisotopic (exact) mass is 215 g/mol. The Morgan fingerprint density at radius 1 is 1.79 bits per heavy atom. The summed E-state index contributed by atoms with van der Waals surface area (Å²) in [6.45, 7) is 1.93. The quantitative estimate of drug-likeness (QED) is 0.773. The molecule has 0 aromatic carbocycles. The summed E-state index contributed by atoms with van der Waals surface area (Å²) in [5.74, 6) is -0.972. The van der Waals surface area contributed by atoms with E-state index in [1.165, 1.54) is 0 Å². The van der Waals surface area contributed by atoms with Gasteiger partial charge >= 0.3 is 5.97 Å². The van der Waals surface area contributed by atoms with Gasteiger partial charge in [-0.1, -0.05) is 0 Å². The highest BCUT2D eigenvalue weighted by molar-refractivity contribution is 7.10. The van der Waals surface area contributed by atoms with Gasteiger partial charge in [-0.05, 0) is 23.9 Å². The van der Waals surface area contributed by atoms with Crippen molar-refractivity contribution in [3.63, 3.8) is 0 Å². The summed E-state index contributed by atoms with van der Waals surface area (Å²) in [5, 5.41) is 10.3. The largest absolute Gasteiger partial charge is 0.480 e. The van der Waals surface area contributed by atoms with Gasteiger partial charge in [0.2, 0.25) is 0 Å². The summed E-state index contributed by atoms with van der Waals surface area (Å²) >= 11 is 1.56. The Labute approximate surface area is 86.3 Å². The number of aliphatic carboxylic acids is 1. The molecule has 0 saturated carbocycles. The number of carbonyl (C=O) groups is 1. The van der Waals surface area contributed by atoms with E-state index in [0.717, 1.165) is 10.4 Å². The van der Waals surface area contributed by atoms with Crippen LogP contribution in [0.2, 0.25) is 0 Å². The molecule has 0 fully saturated rings. The van der Waals surface area contributed by atoms with Crippen molar-refractivity contribution < 1.29 is 14.6 Å². The molecule has 14 heavy (non-hydrogen) atoms. The van der Waals surface area contributed by atoms with E-state index in [0.29, 0.717) is 0 Å². The molecule has 4 nitrogen and oxygen atoms in total. The van der Waals surface area contributed by atoms with Gasteiger partial charge < -0.3 is 15.6 Å². The van der Waals surface area contributed by atoms with Gasteiger partial charge in [0.1, 0.15) is 6.61 Å². The van der Waals surface area contributed by atoms with Gasteiger partial charge in [0.15, 0.2) is 0 Å². The Bertz CT molecular complexity index is 311. The van der Waals surface area contributed by atoms with Crippen LogP contribution in [0.1, 0.15) is 16.5 Å². The Morgan fingerprint density at radius 2 is 2.50 bits per heavy atom. The van der Waals surface area contributed by atoms with Crippen LogP contribution in [0.25, 0.3) is 0 Å². The third-order valence-corrected chi connectivity index (χ3v) is 2.91. The van der Waals surface area contributed by atoms with E-state index >= 15 is 0 Å². The van der Waals surface area contributed by atoms with Crippen LogP contribution in [0, 0.1) is 6.92 Å². The molecule has 5 heteroatoms. The summed E-state index contributed by atoms with van der Waals surface area (Å²) < 4.78 is 4.92. The number of hydrogen-bond donors (Lipinski definition) is 2. The lowest BCUT2D eigenvalue weighted by Crippen LogP contribution is -2.19. The fourth-order valence-corrected chi connectivity index (χ4v) is 2.03. The number of hydrogen-bond acceptors (Lipinski definition) is 4. The Kier molecular flexibility index (Phi) is 4.06. The molecule has 0 spiro atoms. The predicted octanol–water partition coefficient (Wildman–Crippen LogP) is 1.16. The second-order valence-corrected chi connectivity index (χ2v) is 3.93. The minimum Gasteiger partial charge on any atom is -0.480 e. The molecule has 0 bridgehead atoms. The van der Waals surface area contributed by atoms with Crippen molar-refractivity contribution in [2.45, 2.75) is 13.0 Å². The topological polar surface area (TPSA) is 72.5 Å². The first-order valence-corrected chi connectivity index (χ1v) is 5.08. The van der Waals surface area contributed by atoms with Gasteiger partial charge in [-0.25, -0.2) is 4.79 Å². The van der Waals surface area contributed by atoms with Gasteiger partial charge in [-0.2, -0.15) is 0 Å². The molecular weight excluding hydrogens is 202 g/mol. The molecule has 0 aliphatic heterocycles. The number of carboxylic acids is 1. The van der Waals surface area contributed by atoms with E-state index in [1.54, 1.807) is 11.3 Å². The fourth-order valence-electron chi connectivity index (χ4n) is 1.11. The Balaban J connectivity index is 2.39. The number of nitrogens with two attached hydrogens (primary N) is 1. The number of thiophene rings is 1. The van der Waals surface area contributed by atoms with E-state index in [1.807, 2.05) is 18.4 Å². The van der Waals surface area contributed by atoms with E-state index < -0.39 is 5.97 Å². The molecule has 0 aliphatic rings. The first-order valence-electron chi connectivity index (χ1n) is 4.20. The lowest BCUT2D eigenvalue weighted by atomic mass is 10.2. The van der Waals surface area contributed by atoms with E-state index in [-0.39, 0.29) is 19.3 Å². The standard InChI is InChI=1S/C9H13NO3S/c1-6-2-3-14-9(6)7(10)4-13-5-8(11)12/h2-3,7H,4-5,10H2,1H3,(H,11,12). The highest BCUT2D eigenvalue weighted by Crippen LogP contribution is 2.22.